The van der Waals surface area contributed by atoms with Crippen LogP contribution in [0.5, 0.6) is 0 Å². The second kappa shape index (κ2) is 15.3. The van der Waals surface area contributed by atoms with Gasteiger partial charge in [-0.2, -0.15) is 0 Å². The minimum atomic E-state index is -0.833. The molecule has 4 nitrogen and oxygen atoms in total. The summed E-state index contributed by atoms with van der Waals surface area (Å²) in [5.41, 5.74) is 1.02. The van der Waals surface area contributed by atoms with Crippen molar-refractivity contribution in [1.29, 1.82) is 0 Å². The highest BCUT2D eigenvalue weighted by molar-refractivity contribution is 5.62. The van der Waals surface area contributed by atoms with Crippen LogP contribution in [0.1, 0.15) is 53.9 Å². The quantitative estimate of drug-likeness (QED) is 0.547. The molecule has 1 aliphatic rings. The minimum absolute atomic E-state index is 0.314. The molecule has 23 heavy (non-hydrogen) atoms. The summed E-state index contributed by atoms with van der Waals surface area (Å²) in [7, 11) is 0. The summed E-state index contributed by atoms with van der Waals surface area (Å²) < 4.78 is 5.81. The molecular weight excluding hydrogens is 290 g/mol. The first kappa shape index (κ1) is 23.7. The fourth-order valence-electron chi connectivity index (χ4n) is 1.97. The maximum atomic E-state index is 9.00. The molecule has 1 N–H and O–H groups in total. The van der Waals surface area contributed by atoms with Gasteiger partial charge < -0.3 is 9.84 Å². The molecule has 0 saturated carbocycles. The number of likely N-dealkylation sites (tertiary alicyclic amines) is 1. The Bertz CT molecular complexity index is 371. The summed E-state index contributed by atoms with van der Waals surface area (Å²) in [4.78, 5) is 11.5. The molecule has 0 aromatic carbocycles. The minimum Gasteiger partial charge on any atom is -0.490 e. The van der Waals surface area contributed by atoms with E-state index in [1.165, 1.54) is 19.4 Å². The fraction of sp³-hybridized carbons (Fsp3) is 0.632. The fourth-order valence-corrected chi connectivity index (χ4v) is 1.97. The molecule has 0 spiro atoms. The number of aliphatic carboxylic acids is 1. The van der Waals surface area contributed by atoms with E-state index in [0.29, 0.717) is 6.10 Å². The molecule has 0 aromatic rings. The first-order valence-corrected chi connectivity index (χ1v) is 8.46. The molecule has 0 bridgehead atoms. The third kappa shape index (κ3) is 16.6. The van der Waals surface area contributed by atoms with Gasteiger partial charge in [0.15, 0.2) is 0 Å². The molecule has 1 atom stereocenters. The normalized spacial score (nSPS) is 16.8. The van der Waals surface area contributed by atoms with Crippen molar-refractivity contribution in [2.24, 2.45) is 0 Å². The number of carboxylic acid groups (broad SMARTS) is 1. The van der Waals surface area contributed by atoms with E-state index >= 15 is 0 Å². The van der Waals surface area contributed by atoms with Crippen molar-refractivity contribution >= 4 is 5.97 Å². The number of hydrogen-bond donors (Lipinski definition) is 1. The molecule has 1 rings (SSSR count). The number of allylic oxidation sites excluding steroid dienone is 3. The number of unbranched alkanes of at least 4 members (excludes halogenated alkanes) is 1. The van der Waals surface area contributed by atoms with Gasteiger partial charge in [0, 0.05) is 20.0 Å². The summed E-state index contributed by atoms with van der Waals surface area (Å²) in [6, 6.07) is 0. The molecule has 0 radical (unpaired) electrons. The van der Waals surface area contributed by atoms with E-state index < -0.39 is 5.97 Å². The zero-order chi connectivity index (χ0) is 18.3. The molecule has 1 unspecified atom stereocenters. The Balaban J connectivity index is 0. The summed E-state index contributed by atoms with van der Waals surface area (Å²) in [6.45, 7) is 20.4. The molecular formula is C19H35NO3. The maximum absolute atomic E-state index is 9.00. The Kier molecular flexibility index (Phi) is 15.8. The third-order valence-electron chi connectivity index (χ3n) is 2.93. The highest BCUT2D eigenvalue weighted by Crippen LogP contribution is 2.16. The molecule has 1 fully saturated rings. The lowest BCUT2D eigenvalue weighted by molar-refractivity contribution is -0.134. The standard InChI is InChI=1S/C15H25NO.C2H4O2.C2H6/c1-5-6-10-16-11-9-15(12-16)17-14(4)8-7-13(2)3;1-2(3)4;1-2/h7-8,15H,2,4-6,9-12H2,1,3H3;1H3,(H,3,4);1-2H3/b8-7-;;. The monoisotopic (exact) mass is 325 g/mol. The Morgan fingerprint density at radius 1 is 1.30 bits per heavy atom. The lowest BCUT2D eigenvalue weighted by atomic mass is 10.3. The number of carbonyl (C=O) groups is 1. The zero-order valence-corrected chi connectivity index (χ0v) is 15.6. The Morgan fingerprint density at radius 3 is 2.35 bits per heavy atom. The molecule has 1 aliphatic heterocycles. The van der Waals surface area contributed by atoms with E-state index in [0.717, 1.165) is 37.8 Å². The van der Waals surface area contributed by atoms with Crippen molar-refractivity contribution in [3.63, 3.8) is 0 Å². The maximum Gasteiger partial charge on any atom is 0.300 e. The van der Waals surface area contributed by atoms with Crippen LogP contribution in [-0.4, -0.2) is 41.7 Å². The molecule has 1 saturated heterocycles. The molecule has 0 aliphatic carbocycles. The average molecular weight is 325 g/mol. The summed E-state index contributed by atoms with van der Waals surface area (Å²) >= 11 is 0. The van der Waals surface area contributed by atoms with Crippen molar-refractivity contribution in [2.75, 3.05) is 19.6 Å². The predicted molar refractivity (Wildman–Crippen MR) is 98.6 cm³/mol. The van der Waals surface area contributed by atoms with E-state index in [4.69, 9.17) is 14.6 Å². The van der Waals surface area contributed by atoms with Gasteiger partial charge in [-0.3, -0.25) is 9.69 Å². The molecule has 4 heteroatoms. The summed E-state index contributed by atoms with van der Waals surface area (Å²) in [5, 5.41) is 7.42. The average Bonchev–Trinajstić information content (AvgIpc) is 2.92. The van der Waals surface area contributed by atoms with E-state index in [1.807, 2.05) is 32.9 Å². The molecule has 134 valence electrons. The van der Waals surface area contributed by atoms with Gasteiger partial charge in [-0.1, -0.05) is 52.0 Å². The van der Waals surface area contributed by atoms with Crippen molar-refractivity contribution in [2.45, 2.75) is 60.0 Å². The van der Waals surface area contributed by atoms with Gasteiger partial charge in [-0.25, -0.2) is 0 Å². The highest BCUT2D eigenvalue weighted by Gasteiger charge is 2.22. The first-order valence-electron chi connectivity index (χ1n) is 8.46. The van der Waals surface area contributed by atoms with Crippen LogP contribution in [-0.2, 0) is 9.53 Å². The topological polar surface area (TPSA) is 49.8 Å². The van der Waals surface area contributed by atoms with Gasteiger partial charge in [0.05, 0.1) is 0 Å². The van der Waals surface area contributed by atoms with Gasteiger partial charge in [-0.05, 0) is 32.4 Å². The van der Waals surface area contributed by atoms with Crippen molar-refractivity contribution in [3.8, 4) is 0 Å². The number of carboxylic acids is 1. The lowest BCUT2D eigenvalue weighted by Gasteiger charge is -2.16. The smallest absolute Gasteiger partial charge is 0.300 e. The Hall–Kier alpha value is -1.55. The van der Waals surface area contributed by atoms with Crippen LogP contribution < -0.4 is 0 Å². The van der Waals surface area contributed by atoms with E-state index in [1.54, 1.807) is 0 Å². The van der Waals surface area contributed by atoms with Gasteiger partial charge >= 0.3 is 0 Å². The van der Waals surface area contributed by atoms with Crippen LogP contribution in [0.4, 0.5) is 0 Å². The van der Waals surface area contributed by atoms with Crippen LogP contribution in [0.3, 0.4) is 0 Å². The largest absolute Gasteiger partial charge is 0.490 e. The number of hydrogen-bond acceptors (Lipinski definition) is 3. The first-order chi connectivity index (χ1) is 10.8. The number of nitrogens with zero attached hydrogens (tertiary/aromatic N) is 1. The van der Waals surface area contributed by atoms with Gasteiger partial charge in [-0.15, -0.1) is 0 Å². The zero-order valence-electron chi connectivity index (χ0n) is 15.6. The van der Waals surface area contributed by atoms with E-state index in [2.05, 4.69) is 25.0 Å². The van der Waals surface area contributed by atoms with E-state index in [-0.39, 0.29) is 0 Å². The van der Waals surface area contributed by atoms with Crippen LogP contribution >= 0.6 is 0 Å². The third-order valence-corrected chi connectivity index (χ3v) is 2.93. The van der Waals surface area contributed by atoms with Gasteiger partial charge in [0.2, 0.25) is 0 Å². The van der Waals surface area contributed by atoms with Crippen molar-refractivity contribution < 1.29 is 14.6 Å². The number of rotatable bonds is 7. The molecule has 0 amide bonds. The molecule has 1 heterocycles. The predicted octanol–water partition coefficient (Wildman–Crippen LogP) is 4.64. The van der Waals surface area contributed by atoms with Crippen LogP contribution in [0.15, 0.2) is 36.6 Å². The number of ether oxygens (including phenoxy) is 1. The second-order valence-electron chi connectivity index (χ2n) is 5.35. The van der Waals surface area contributed by atoms with Crippen LogP contribution in [0, 0.1) is 0 Å². The Labute approximate surface area is 142 Å². The highest BCUT2D eigenvalue weighted by atomic mass is 16.5. The second-order valence-corrected chi connectivity index (χ2v) is 5.35. The van der Waals surface area contributed by atoms with Gasteiger partial charge in [0.1, 0.15) is 11.9 Å². The van der Waals surface area contributed by atoms with Gasteiger partial charge in [0.25, 0.3) is 5.97 Å². The summed E-state index contributed by atoms with van der Waals surface area (Å²) in [6.07, 6.45) is 7.81. The summed E-state index contributed by atoms with van der Waals surface area (Å²) in [5.74, 6) is -0.0876. The van der Waals surface area contributed by atoms with Crippen molar-refractivity contribution in [3.05, 3.63) is 36.6 Å². The van der Waals surface area contributed by atoms with Crippen LogP contribution in [0.2, 0.25) is 0 Å². The van der Waals surface area contributed by atoms with E-state index in [9.17, 15) is 0 Å². The van der Waals surface area contributed by atoms with Crippen molar-refractivity contribution in [1.82, 2.24) is 4.90 Å². The van der Waals surface area contributed by atoms with Crippen LogP contribution in [0.25, 0.3) is 0 Å². The lowest BCUT2D eigenvalue weighted by Crippen LogP contribution is -2.24. The Morgan fingerprint density at radius 2 is 1.87 bits per heavy atom. The molecule has 0 aromatic heterocycles. The SMILES string of the molecule is C=C(C)/C=C\C(=C)OC1CCN(CCCC)C1.CC.CC(=O)O.